The van der Waals surface area contributed by atoms with Crippen LogP contribution in [0.25, 0.3) is 21.8 Å². The predicted octanol–water partition coefficient (Wildman–Crippen LogP) is 4.27. The van der Waals surface area contributed by atoms with Gasteiger partial charge in [0.25, 0.3) is 0 Å². The van der Waals surface area contributed by atoms with E-state index in [9.17, 15) is 4.79 Å². The fourth-order valence-corrected chi connectivity index (χ4v) is 3.38. The number of para-hydroxylation sites is 1. The van der Waals surface area contributed by atoms with Crippen molar-refractivity contribution in [3.05, 3.63) is 42.5 Å². The van der Waals surface area contributed by atoms with E-state index in [1.807, 2.05) is 6.07 Å². The lowest BCUT2D eigenvalue weighted by Crippen LogP contribution is -2.35. The summed E-state index contributed by atoms with van der Waals surface area (Å²) < 4.78 is 2.32. The number of carbonyl (C=O) groups is 1. The molecule has 4 nitrogen and oxygen atoms in total. The zero-order valence-corrected chi connectivity index (χ0v) is 14.4. The Kier molecular flexibility index (Phi) is 4.74. The van der Waals surface area contributed by atoms with E-state index in [1.165, 1.54) is 21.8 Å². The molecule has 0 aliphatic carbocycles. The number of rotatable bonds is 7. The standard InChI is InChI=1S/C20H25N3O/c1-3-5-9-17(20(21)24)22-14-11-12-19-16(13-14)15-8-6-7-10-18(15)23(19)4-2/h6-8,10-13,17,22H,3-5,9H2,1-2H3,(H2,21,24). The van der Waals surface area contributed by atoms with Gasteiger partial charge in [-0.05, 0) is 37.6 Å². The Labute approximate surface area is 142 Å². The number of hydrogen-bond acceptors (Lipinski definition) is 2. The number of primary amides is 1. The van der Waals surface area contributed by atoms with Gasteiger partial charge in [-0.3, -0.25) is 4.79 Å². The van der Waals surface area contributed by atoms with E-state index in [1.54, 1.807) is 0 Å². The third-order valence-corrected chi connectivity index (χ3v) is 4.62. The van der Waals surface area contributed by atoms with Crippen LogP contribution in [-0.4, -0.2) is 16.5 Å². The molecular weight excluding hydrogens is 298 g/mol. The number of benzene rings is 2. The van der Waals surface area contributed by atoms with Crippen LogP contribution >= 0.6 is 0 Å². The van der Waals surface area contributed by atoms with Crippen molar-refractivity contribution in [3.63, 3.8) is 0 Å². The number of aryl methyl sites for hydroxylation is 1. The lowest BCUT2D eigenvalue weighted by Gasteiger charge is -2.16. The molecule has 0 spiro atoms. The lowest BCUT2D eigenvalue weighted by molar-refractivity contribution is -0.118. The molecule has 1 aromatic heterocycles. The molecule has 24 heavy (non-hydrogen) atoms. The Morgan fingerprint density at radius 2 is 1.88 bits per heavy atom. The number of nitrogens with two attached hydrogens (primary N) is 1. The van der Waals surface area contributed by atoms with E-state index >= 15 is 0 Å². The molecule has 1 atom stereocenters. The Balaban J connectivity index is 2.02. The van der Waals surface area contributed by atoms with Crippen molar-refractivity contribution < 1.29 is 4.79 Å². The van der Waals surface area contributed by atoms with Crippen LogP contribution in [0.15, 0.2) is 42.5 Å². The minimum Gasteiger partial charge on any atom is -0.374 e. The molecule has 1 heterocycles. The molecule has 0 fully saturated rings. The molecule has 0 aliphatic heterocycles. The Morgan fingerprint density at radius 1 is 1.12 bits per heavy atom. The third kappa shape index (κ3) is 2.96. The number of unbranched alkanes of at least 4 members (excludes halogenated alkanes) is 1. The van der Waals surface area contributed by atoms with Crippen LogP contribution in [0.2, 0.25) is 0 Å². The zero-order chi connectivity index (χ0) is 17.1. The van der Waals surface area contributed by atoms with Gasteiger partial charge in [-0.15, -0.1) is 0 Å². The number of amides is 1. The molecule has 0 saturated heterocycles. The SMILES string of the molecule is CCCCC(Nc1ccc2c(c1)c1ccccc1n2CC)C(N)=O. The monoisotopic (exact) mass is 323 g/mol. The minimum atomic E-state index is -0.318. The van der Waals surface area contributed by atoms with Crippen LogP contribution in [0.4, 0.5) is 5.69 Å². The quantitative estimate of drug-likeness (QED) is 0.682. The largest absolute Gasteiger partial charge is 0.374 e. The molecule has 4 heteroatoms. The third-order valence-electron chi connectivity index (χ3n) is 4.62. The van der Waals surface area contributed by atoms with Crippen LogP contribution in [0.5, 0.6) is 0 Å². The summed E-state index contributed by atoms with van der Waals surface area (Å²) in [5.74, 6) is -0.292. The van der Waals surface area contributed by atoms with Gasteiger partial charge in [-0.1, -0.05) is 38.0 Å². The van der Waals surface area contributed by atoms with Gasteiger partial charge in [0.2, 0.25) is 5.91 Å². The second kappa shape index (κ2) is 6.95. The van der Waals surface area contributed by atoms with E-state index < -0.39 is 0 Å². The maximum atomic E-state index is 11.7. The van der Waals surface area contributed by atoms with Gasteiger partial charge in [0, 0.05) is 34.0 Å². The first kappa shape index (κ1) is 16.4. The van der Waals surface area contributed by atoms with Crippen LogP contribution in [0.3, 0.4) is 0 Å². The highest BCUT2D eigenvalue weighted by molar-refractivity contribution is 6.09. The van der Waals surface area contributed by atoms with E-state index in [2.05, 4.69) is 60.1 Å². The Morgan fingerprint density at radius 3 is 2.58 bits per heavy atom. The summed E-state index contributed by atoms with van der Waals surface area (Å²) in [4.78, 5) is 11.7. The average Bonchev–Trinajstić information content (AvgIpc) is 2.91. The Hall–Kier alpha value is -2.49. The van der Waals surface area contributed by atoms with E-state index in [-0.39, 0.29) is 11.9 Å². The summed E-state index contributed by atoms with van der Waals surface area (Å²) >= 11 is 0. The fraction of sp³-hybridized carbons (Fsp3) is 0.350. The molecule has 3 N–H and O–H groups in total. The summed E-state index contributed by atoms with van der Waals surface area (Å²) in [6.45, 7) is 5.20. The number of anilines is 1. The van der Waals surface area contributed by atoms with Gasteiger partial charge in [0.15, 0.2) is 0 Å². The van der Waals surface area contributed by atoms with Crippen molar-refractivity contribution in [1.82, 2.24) is 4.57 Å². The number of aromatic nitrogens is 1. The summed E-state index contributed by atoms with van der Waals surface area (Å²) in [6.07, 6.45) is 2.80. The zero-order valence-electron chi connectivity index (χ0n) is 14.4. The van der Waals surface area contributed by atoms with Gasteiger partial charge < -0.3 is 15.6 Å². The van der Waals surface area contributed by atoms with Crippen molar-refractivity contribution in [2.75, 3.05) is 5.32 Å². The highest BCUT2D eigenvalue weighted by atomic mass is 16.1. The van der Waals surface area contributed by atoms with Crippen LogP contribution < -0.4 is 11.1 Å². The molecule has 1 unspecified atom stereocenters. The molecule has 3 aromatic rings. The second-order valence-electron chi connectivity index (χ2n) is 6.23. The molecule has 0 bridgehead atoms. The molecule has 0 radical (unpaired) electrons. The summed E-state index contributed by atoms with van der Waals surface area (Å²) in [7, 11) is 0. The highest BCUT2D eigenvalue weighted by Crippen LogP contribution is 2.31. The summed E-state index contributed by atoms with van der Waals surface area (Å²) in [5.41, 5.74) is 8.95. The van der Waals surface area contributed by atoms with Crippen LogP contribution in [0.1, 0.15) is 33.1 Å². The number of fused-ring (bicyclic) bond motifs is 3. The van der Waals surface area contributed by atoms with Crippen molar-refractivity contribution in [3.8, 4) is 0 Å². The van der Waals surface area contributed by atoms with Gasteiger partial charge in [0.05, 0.1) is 0 Å². The highest BCUT2D eigenvalue weighted by Gasteiger charge is 2.15. The molecular formula is C20H25N3O. The van der Waals surface area contributed by atoms with Crippen molar-refractivity contribution in [1.29, 1.82) is 0 Å². The fourth-order valence-electron chi connectivity index (χ4n) is 3.38. The number of nitrogens with zero attached hydrogens (tertiary/aromatic N) is 1. The number of nitrogens with one attached hydrogen (secondary N) is 1. The van der Waals surface area contributed by atoms with E-state index in [0.29, 0.717) is 0 Å². The van der Waals surface area contributed by atoms with E-state index in [4.69, 9.17) is 5.73 Å². The van der Waals surface area contributed by atoms with Crippen LogP contribution in [0, 0.1) is 0 Å². The first-order valence-corrected chi connectivity index (χ1v) is 8.72. The predicted molar refractivity (Wildman–Crippen MR) is 101 cm³/mol. The van der Waals surface area contributed by atoms with Gasteiger partial charge in [0.1, 0.15) is 6.04 Å². The maximum Gasteiger partial charge on any atom is 0.239 e. The van der Waals surface area contributed by atoms with Crippen molar-refractivity contribution >= 4 is 33.4 Å². The summed E-state index contributed by atoms with van der Waals surface area (Å²) in [6, 6.07) is 14.4. The van der Waals surface area contributed by atoms with Crippen molar-refractivity contribution in [2.45, 2.75) is 45.7 Å². The van der Waals surface area contributed by atoms with Crippen molar-refractivity contribution in [2.24, 2.45) is 5.73 Å². The second-order valence-corrected chi connectivity index (χ2v) is 6.23. The maximum absolute atomic E-state index is 11.7. The van der Waals surface area contributed by atoms with Crippen LogP contribution in [-0.2, 0) is 11.3 Å². The first-order chi connectivity index (χ1) is 11.7. The Bertz CT molecular complexity index is 866. The molecule has 1 amide bonds. The number of carbonyl (C=O) groups excluding carboxylic acids is 1. The topological polar surface area (TPSA) is 60.1 Å². The summed E-state index contributed by atoms with van der Waals surface area (Å²) in [5, 5.41) is 5.76. The molecule has 3 rings (SSSR count). The molecule has 2 aromatic carbocycles. The van der Waals surface area contributed by atoms with Gasteiger partial charge >= 0.3 is 0 Å². The smallest absolute Gasteiger partial charge is 0.239 e. The number of hydrogen-bond donors (Lipinski definition) is 2. The van der Waals surface area contributed by atoms with Gasteiger partial charge in [-0.2, -0.15) is 0 Å². The molecule has 0 aliphatic rings. The minimum absolute atomic E-state index is 0.292. The van der Waals surface area contributed by atoms with E-state index in [0.717, 1.165) is 31.5 Å². The lowest BCUT2D eigenvalue weighted by atomic mass is 10.1. The first-order valence-electron chi connectivity index (χ1n) is 8.72. The molecule has 0 saturated carbocycles. The molecule has 126 valence electrons. The van der Waals surface area contributed by atoms with Gasteiger partial charge in [-0.25, -0.2) is 0 Å². The average molecular weight is 323 g/mol. The normalized spacial score (nSPS) is 12.6.